The third-order valence-corrected chi connectivity index (χ3v) is 6.38. The van der Waals surface area contributed by atoms with Gasteiger partial charge in [-0.3, -0.25) is 14.4 Å². The summed E-state index contributed by atoms with van der Waals surface area (Å²) < 4.78 is 8.73. The van der Waals surface area contributed by atoms with Crippen LogP contribution in [0.25, 0.3) is 10.9 Å². The lowest BCUT2D eigenvalue weighted by molar-refractivity contribution is 0.0915. The van der Waals surface area contributed by atoms with Crippen LogP contribution < -0.4 is 15.6 Å². The van der Waals surface area contributed by atoms with E-state index in [0.29, 0.717) is 27.9 Å². The van der Waals surface area contributed by atoms with Gasteiger partial charge in [0.1, 0.15) is 5.39 Å². The first-order valence-electron chi connectivity index (χ1n) is 11.1. The number of rotatable bonds is 6. The molecule has 0 radical (unpaired) electrons. The molecule has 1 aliphatic rings. The van der Waals surface area contributed by atoms with Crippen molar-refractivity contribution in [2.45, 2.75) is 51.6 Å². The predicted molar refractivity (Wildman–Crippen MR) is 124 cm³/mol. The molecule has 1 saturated carbocycles. The van der Waals surface area contributed by atoms with Crippen molar-refractivity contribution in [3.05, 3.63) is 63.7 Å². The van der Waals surface area contributed by atoms with E-state index < -0.39 is 0 Å². The fourth-order valence-electron chi connectivity index (χ4n) is 4.63. The Balaban J connectivity index is 1.75. The Kier molecular flexibility index (Phi) is 6.17. The van der Waals surface area contributed by atoms with E-state index >= 15 is 0 Å². The van der Waals surface area contributed by atoms with Gasteiger partial charge in [0.25, 0.3) is 11.5 Å². The highest BCUT2D eigenvalue weighted by Crippen LogP contribution is 2.31. The minimum Gasteiger partial charge on any atom is -0.493 e. The largest absolute Gasteiger partial charge is 0.493 e. The number of nitrogens with zero attached hydrogens (tertiary/aromatic N) is 2. The first-order valence-corrected chi connectivity index (χ1v) is 11.1. The monoisotopic (exact) mass is 435 g/mol. The third kappa shape index (κ3) is 3.95. The standard InChI is InChI=1S/C25H29N3O4/c1-16-14-19-21(25(31)28(16)15-20(29)17-10-6-4-7-11-17)23(32-3)22(27(19)2)24(30)26-18-12-8-5-9-13-18/h4,6-7,10-11,14,18H,5,8-9,12-13,15H2,1-3H3,(H,26,30). The molecule has 0 aliphatic heterocycles. The van der Waals surface area contributed by atoms with E-state index in [1.54, 1.807) is 42.8 Å². The summed E-state index contributed by atoms with van der Waals surface area (Å²) in [5.74, 6) is -0.140. The highest BCUT2D eigenvalue weighted by molar-refractivity contribution is 6.04. The summed E-state index contributed by atoms with van der Waals surface area (Å²) in [7, 11) is 3.23. The number of ketones is 1. The molecule has 2 aromatic heterocycles. The van der Waals surface area contributed by atoms with Gasteiger partial charge < -0.3 is 19.2 Å². The van der Waals surface area contributed by atoms with E-state index in [0.717, 1.165) is 25.7 Å². The number of methoxy groups -OCH3 is 1. The number of amides is 1. The average Bonchev–Trinajstić information content (AvgIpc) is 3.09. The summed E-state index contributed by atoms with van der Waals surface area (Å²) >= 11 is 0. The van der Waals surface area contributed by atoms with Crippen molar-refractivity contribution in [3.8, 4) is 5.75 Å². The van der Waals surface area contributed by atoms with Gasteiger partial charge in [0, 0.05) is 24.3 Å². The number of fused-ring (bicyclic) bond motifs is 1. The van der Waals surface area contributed by atoms with Gasteiger partial charge in [0.05, 0.1) is 19.2 Å². The average molecular weight is 436 g/mol. The summed E-state index contributed by atoms with van der Waals surface area (Å²) in [5, 5.41) is 3.43. The van der Waals surface area contributed by atoms with E-state index in [9.17, 15) is 14.4 Å². The van der Waals surface area contributed by atoms with Gasteiger partial charge in [-0.1, -0.05) is 49.6 Å². The zero-order chi connectivity index (χ0) is 22.8. The Morgan fingerprint density at radius 1 is 1.12 bits per heavy atom. The van der Waals surface area contributed by atoms with Crippen LogP contribution in [-0.2, 0) is 13.6 Å². The first-order chi connectivity index (χ1) is 15.4. The molecule has 0 saturated heterocycles. The lowest BCUT2D eigenvalue weighted by Gasteiger charge is -2.23. The number of hydrogen-bond donors (Lipinski definition) is 1. The Bertz CT molecular complexity index is 1220. The van der Waals surface area contributed by atoms with Gasteiger partial charge in [-0.05, 0) is 25.8 Å². The van der Waals surface area contributed by atoms with Crippen LogP contribution in [0.2, 0.25) is 0 Å². The zero-order valence-electron chi connectivity index (χ0n) is 18.8. The van der Waals surface area contributed by atoms with Gasteiger partial charge in [-0.2, -0.15) is 0 Å². The second-order valence-electron chi connectivity index (χ2n) is 8.48. The van der Waals surface area contributed by atoms with Crippen molar-refractivity contribution in [2.75, 3.05) is 7.11 Å². The van der Waals surface area contributed by atoms with Crippen LogP contribution in [0, 0.1) is 6.92 Å². The van der Waals surface area contributed by atoms with Gasteiger partial charge >= 0.3 is 0 Å². The number of nitrogens with one attached hydrogen (secondary N) is 1. The Morgan fingerprint density at radius 3 is 2.47 bits per heavy atom. The number of benzene rings is 1. The molecule has 7 heteroatoms. The third-order valence-electron chi connectivity index (χ3n) is 6.38. The van der Waals surface area contributed by atoms with Crippen molar-refractivity contribution < 1.29 is 14.3 Å². The van der Waals surface area contributed by atoms with E-state index in [-0.39, 0.29) is 35.6 Å². The van der Waals surface area contributed by atoms with Crippen LogP contribution in [0.15, 0.2) is 41.2 Å². The molecule has 2 heterocycles. The Hall–Kier alpha value is -3.35. The van der Waals surface area contributed by atoms with Crippen LogP contribution in [0.4, 0.5) is 0 Å². The molecule has 1 N–H and O–H groups in total. The normalized spacial score (nSPS) is 14.5. The lowest BCUT2D eigenvalue weighted by Crippen LogP contribution is -2.37. The molecule has 0 unspecified atom stereocenters. The number of carbonyl (C=O) groups is 2. The van der Waals surface area contributed by atoms with Gasteiger partial charge in [0.2, 0.25) is 0 Å². The maximum absolute atomic E-state index is 13.5. The molecular weight excluding hydrogens is 406 g/mol. The number of hydrogen-bond acceptors (Lipinski definition) is 4. The number of carbonyl (C=O) groups excluding carboxylic acids is 2. The lowest BCUT2D eigenvalue weighted by atomic mass is 9.95. The molecule has 1 amide bonds. The van der Waals surface area contributed by atoms with Crippen LogP contribution >= 0.6 is 0 Å². The quantitative estimate of drug-likeness (QED) is 0.600. The molecule has 1 aliphatic carbocycles. The summed E-state index contributed by atoms with van der Waals surface area (Å²) in [6.07, 6.45) is 5.34. The number of aryl methyl sites for hydroxylation is 2. The predicted octanol–water partition coefficient (Wildman–Crippen LogP) is 3.60. The van der Waals surface area contributed by atoms with Gasteiger partial charge in [-0.25, -0.2) is 0 Å². The minimum absolute atomic E-state index is 0.0771. The van der Waals surface area contributed by atoms with E-state index in [4.69, 9.17) is 4.74 Å². The van der Waals surface area contributed by atoms with Gasteiger partial charge in [-0.15, -0.1) is 0 Å². The molecule has 1 aromatic carbocycles. The SMILES string of the molecule is COc1c(C(=O)NC2CCCCC2)n(C)c2cc(C)n(CC(=O)c3ccccc3)c(=O)c12. The molecular formula is C25H29N3O4. The van der Waals surface area contributed by atoms with Crippen molar-refractivity contribution in [3.63, 3.8) is 0 Å². The molecule has 4 rings (SSSR count). The second-order valence-corrected chi connectivity index (χ2v) is 8.48. The minimum atomic E-state index is -0.339. The van der Waals surface area contributed by atoms with Crippen molar-refractivity contribution in [1.29, 1.82) is 0 Å². The number of pyridine rings is 1. The topological polar surface area (TPSA) is 82.3 Å². The maximum Gasteiger partial charge on any atom is 0.272 e. The van der Waals surface area contributed by atoms with Crippen LogP contribution in [0.3, 0.4) is 0 Å². The number of Topliss-reactive ketones (excluding diaryl/α,β-unsaturated/α-hetero) is 1. The Labute approximate surface area is 187 Å². The molecule has 32 heavy (non-hydrogen) atoms. The van der Waals surface area contributed by atoms with E-state index in [2.05, 4.69) is 5.32 Å². The van der Waals surface area contributed by atoms with Crippen molar-refractivity contribution >= 4 is 22.6 Å². The van der Waals surface area contributed by atoms with E-state index in [1.165, 1.54) is 18.1 Å². The summed E-state index contributed by atoms with van der Waals surface area (Å²) in [6, 6.07) is 10.9. The van der Waals surface area contributed by atoms with Crippen molar-refractivity contribution in [2.24, 2.45) is 7.05 Å². The highest BCUT2D eigenvalue weighted by atomic mass is 16.5. The van der Waals surface area contributed by atoms with Crippen LogP contribution in [0.1, 0.15) is 58.6 Å². The van der Waals surface area contributed by atoms with Gasteiger partial charge in [0.15, 0.2) is 17.2 Å². The fourth-order valence-corrected chi connectivity index (χ4v) is 4.63. The molecule has 1 fully saturated rings. The zero-order valence-corrected chi connectivity index (χ0v) is 18.8. The fraction of sp³-hybridized carbons (Fsp3) is 0.400. The molecule has 3 aromatic rings. The molecule has 0 spiro atoms. The molecule has 0 bridgehead atoms. The van der Waals surface area contributed by atoms with Crippen LogP contribution in [0.5, 0.6) is 5.75 Å². The van der Waals surface area contributed by atoms with E-state index in [1.807, 2.05) is 12.1 Å². The Morgan fingerprint density at radius 2 is 1.81 bits per heavy atom. The summed E-state index contributed by atoms with van der Waals surface area (Å²) in [4.78, 5) is 39.4. The summed E-state index contributed by atoms with van der Waals surface area (Å²) in [6.45, 7) is 1.71. The van der Waals surface area contributed by atoms with Crippen LogP contribution in [-0.4, -0.2) is 34.0 Å². The smallest absolute Gasteiger partial charge is 0.272 e. The molecule has 7 nitrogen and oxygen atoms in total. The number of ether oxygens (including phenoxy) is 1. The molecule has 0 atom stereocenters. The maximum atomic E-state index is 13.5. The summed E-state index contributed by atoms with van der Waals surface area (Å²) in [5.41, 5.74) is 1.80. The second kappa shape index (κ2) is 9.02. The molecule has 168 valence electrons. The number of aromatic nitrogens is 2. The highest BCUT2D eigenvalue weighted by Gasteiger charge is 2.27. The van der Waals surface area contributed by atoms with Crippen molar-refractivity contribution in [1.82, 2.24) is 14.5 Å². The first kappa shape index (κ1) is 21.9.